The van der Waals surface area contributed by atoms with Gasteiger partial charge in [0.15, 0.2) is 9.84 Å². The van der Waals surface area contributed by atoms with Crippen molar-refractivity contribution in [2.75, 3.05) is 6.26 Å². The van der Waals surface area contributed by atoms with Crippen LogP contribution in [0, 0.1) is 0 Å². The topological polar surface area (TPSA) is 59.9 Å². The van der Waals surface area contributed by atoms with Crippen molar-refractivity contribution in [1.29, 1.82) is 0 Å². The summed E-state index contributed by atoms with van der Waals surface area (Å²) in [5, 5.41) is 0.335. The highest BCUT2D eigenvalue weighted by Crippen LogP contribution is 2.37. The van der Waals surface area contributed by atoms with Gasteiger partial charge in [0.25, 0.3) is 0 Å². The summed E-state index contributed by atoms with van der Waals surface area (Å²) in [7, 11) is -3.37. The van der Waals surface area contributed by atoms with Crippen molar-refractivity contribution in [3.63, 3.8) is 0 Å². The van der Waals surface area contributed by atoms with Crippen LogP contribution in [0.4, 0.5) is 13.2 Å². The molecule has 0 aliphatic carbocycles. The van der Waals surface area contributed by atoms with Crippen LogP contribution in [0.2, 0.25) is 0 Å². The maximum atomic E-state index is 13.4. The number of para-hydroxylation sites is 1. The monoisotopic (exact) mass is 428 g/mol. The molecule has 0 aliphatic rings. The first-order valence-corrected chi connectivity index (χ1v) is 10.8. The first kappa shape index (κ1) is 20.0. The van der Waals surface area contributed by atoms with Crippen LogP contribution in [0.3, 0.4) is 0 Å². The molecule has 0 amide bonds. The van der Waals surface area contributed by atoms with Crippen LogP contribution in [-0.2, 0) is 16.0 Å². The zero-order valence-corrected chi connectivity index (χ0v) is 16.5. The second-order valence-corrected chi connectivity index (χ2v) is 8.80. The van der Waals surface area contributed by atoms with E-state index in [1.165, 1.54) is 24.5 Å². The molecule has 2 aromatic carbocycles. The van der Waals surface area contributed by atoms with Gasteiger partial charge in [0.05, 0.1) is 21.7 Å². The molecule has 152 valence electrons. The van der Waals surface area contributed by atoms with E-state index < -0.39 is 21.6 Å². The van der Waals surface area contributed by atoms with E-state index in [-0.39, 0.29) is 10.4 Å². The van der Waals surface area contributed by atoms with Gasteiger partial charge in [-0.05, 0) is 47.5 Å². The number of benzene rings is 2. The van der Waals surface area contributed by atoms with Crippen LogP contribution in [0.5, 0.6) is 0 Å². The smallest absolute Gasteiger partial charge is 0.256 e. The zero-order chi connectivity index (χ0) is 21.5. The van der Waals surface area contributed by atoms with Gasteiger partial charge in [0.1, 0.15) is 0 Å². The minimum atomic E-state index is -4.52. The fourth-order valence-corrected chi connectivity index (χ4v) is 3.96. The van der Waals surface area contributed by atoms with Crippen molar-refractivity contribution < 1.29 is 21.6 Å². The molecule has 4 rings (SSSR count). The summed E-state index contributed by atoms with van der Waals surface area (Å²) >= 11 is 0. The number of nitrogens with zero attached hydrogens (tertiary/aromatic N) is 2. The summed E-state index contributed by atoms with van der Waals surface area (Å²) in [6.45, 7) is 0. The fourth-order valence-electron chi connectivity index (χ4n) is 3.29. The third kappa shape index (κ3) is 3.78. The average Bonchev–Trinajstić information content (AvgIpc) is 2.72. The molecule has 0 bridgehead atoms. The summed E-state index contributed by atoms with van der Waals surface area (Å²) < 4.78 is 63.8. The number of hydrogen-bond acceptors (Lipinski definition) is 4. The fraction of sp³-hybridized carbons (Fsp3) is 0.0909. The Kier molecular flexibility index (Phi) is 4.82. The van der Waals surface area contributed by atoms with Gasteiger partial charge in [-0.25, -0.2) is 8.42 Å². The quantitative estimate of drug-likeness (QED) is 0.439. The number of hydrogen-bond donors (Lipinski definition) is 0. The molecule has 0 fully saturated rings. The van der Waals surface area contributed by atoms with E-state index in [1.54, 1.807) is 42.5 Å². The normalized spacial score (nSPS) is 12.3. The third-order valence-electron chi connectivity index (χ3n) is 4.71. The van der Waals surface area contributed by atoms with Crippen molar-refractivity contribution in [3.05, 3.63) is 78.6 Å². The molecule has 0 unspecified atom stereocenters. The summed E-state index contributed by atoms with van der Waals surface area (Å²) in [6, 6.07) is 15.4. The molecular formula is C22H15F3N2O2S. The lowest BCUT2D eigenvalue weighted by Gasteiger charge is -2.12. The molecule has 0 spiro atoms. The van der Waals surface area contributed by atoms with Crippen LogP contribution in [0.15, 0.2) is 78.0 Å². The molecule has 4 nitrogen and oxygen atoms in total. The molecule has 30 heavy (non-hydrogen) atoms. The van der Waals surface area contributed by atoms with E-state index in [4.69, 9.17) is 0 Å². The Balaban J connectivity index is 1.88. The van der Waals surface area contributed by atoms with Gasteiger partial charge in [0.2, 0.25) is 0 Å². The highest BCUT2D eigenvalue weighted by Gasteiger charge is 2.33. The van der Waals surface area contributed by atoms with Gasteiger partial charge < -0.3 is 0 Å². The number of pyridine rings is 2. The third-order valence-corrected chi connectivity index (χ3v) is 5.82. The number of alkyl halides is 3. The van der Waals surface area contributed by atoms with Gasteiger partial charge in [-0.1, -0.05) is 24.3 Å². The van der Waals surface area contributed by atoms with Gasteiger partial charge in [0, 0.05) is 29.6 Å². The van der Waals surface area contributed by atoms with Crippen molar-refractivity contribution in [3.8, 4) is 22.4 Å². The number of halogens is 3. The minimum absolute atomic E-state index is 0.145. The van der Waals surface area contributed by atoms with Crippen LogP contribution >= 0.6 is 0 Å². The number of aromatic nitrogens is 2. The predicted molar refractivity (Wildman–Crippen MR) is 109 cm³/mol. The highest BCUT2D eigenvalue weighted by atomic mass is 32.2. The summed E-state index contributed by atoms with van der Waals surface area (Å²) in [5.74, 6) is 0. The van der Waals surface area contributed by atoms with Crippen molar-refractivity contribution >= 4 is 20.7 Å². The van der Waals surface area contributed by atoms with E-state index in [1.807, 2.05) is 0 Å². The van der Waals surface area contributed by atoms with Gasteiger partial charge in [-0.15, -0.1) is 0 Å². The first-order valence-electron chi connectivity index (χ1n) is 8.86. The van der Waals surface area contributed by atoms with E-state index >= 15 is 0 Å². The second-order valence-electron chi connectivity index (χ2n) is 6.79. The second kappa shape index (κ2) is 7.21. The molecule has 0 radical (unpaired) electrons. The molecule has 0 saturated carbocycles. The minimum Gasteiger partial charge on any atom is -0.256 e. The number of sulfone groups is 1. The van der Waals surface area contributed by atoms with Crippen LogP contribution in [0.25, 0.3) is 33.3 Å². The Hall–Kier alpha value is -3.26. The van der Waals surface area contributed by atoms with E-state index in [9.17, 15) is 21.6 Å². The summed E-state index contributed by atoms with van der Waals surface area (Å²) in [4.78, 5) is 8.44. The zero-order valence-electron chi connectivity index (χ0n) is 15.7. The van der Waals surface area contributed by atoms with Crippen LogP contribution < -0.4 is 0 Å². The number of fused-ring (bicyclic) bond motifs is 1. The standard InChI is InChI=1S/C22H15F3N2O2S/c1-30(28,29)16-5-2-4-14(12-16)15-8-10-26-20(13-15)17-9-11-27-21-18(17)6-3-7-19(21)22(23,24)25/h2-13H,1H3. The van der Waals surface area contributed by atoms with Crippen molar-refractivity contribution in [1.82, 2.24) is 9.97 Å². The van der Waals surface area contributed by atoms with E-state index in [0.717, 1.165) is 12.3 Å². The molecule has 2 heterocycles. The first-order chi connectivity index (χ1) is 14.1. The van der Waals surface area contributed by atoms with E-state index in [2.05, 4.69) is 9.97 Å². The van der Waals surface area contributed by atoms with Crippen molar-refractivity contribution in [2.24, 2.45) is 0 Å². The lowest BCUT2D eigenvalue weighted by atomic mass is 10.00. The Bertz CT molecular complexity index is 1370. The van der Waals surface area contributed by atoms with Gasteiger partial charge in [-0.3, -0.25) is 9.97 Å². The molecule has 0 saturated heterocycles. The van der Waals surface area contributed by atoms with E-state index in [0.29, 0.717) is 27.8 Å². The predicted octanol–water partition coefficient (Wildman–Crippen LogP) is 5.39. The summed E-state index contributed by atoms with van der Waals surface area (Å²) in [6.07, 6.45) is -0.527. The number of rotatable bonds is 3. The largest absolute Gasteiger partial charge is 0.418 e. The molecule has 0 N–H and O–H groups in total. The highest BCUT2D eigenvalue weighted by molar-refractivity contribution is 7.90. The van der Waals surface area contributed by atoms with Crippen LogP contribution in [-0.4, -0.2) is 24.6 Å². The summed E-state index contributed by atoms with van der Waals surface area (Å²) in [5.41, 5.74) is 1.38. The molecule has 0 aliphatic heterocycles. The Morgan fingerprint density at radius 2 is 1.53 bits per heavy atom. The molecule has 8 heteroatoms. The van der Waals surface area contributed by atoms with Gasteiger partial charge in [-0.2, -0.15) is 13.2 Å². The molecule has 2 aromatic heterocycles. The molecule has 0 atom stereocenters. The lowest BCUT2D eigenvalue weighted by molar-refractivity contribution is -0.136. The molecular weight excluding hydrogens is 413 g/mol. The Labute approximate surface area is 171 Å². The Morgan fingerprint density at radius 1 is 0.833 bits per heavy atom. The maximum absolute atomic E-state index is 13.4. The Morgan fingerprint density at radius 3 is 2.27 bits per heavy atom. The maximum Gasteiger partial charge on any atom is 0.418 e. The average molecular weight is 428 g/mol. The lowest BCUT2D eigenvalue weighted by Crippen LogP contribution is -2.06. The van der Waals surface area contributed by atoms with Crippen LogP contribution in [0.1, 0.15) is 5.56 Å². The SMILES string of the molecule is CS(=O)(=O)c1cccc(-c2ccnc(-c3ccnc4c(C(F)(F)F)cccc34)c2)c1. The van der Waals surface area contributed by atoms with Gasteiger partial charge >= 0.3 is 6.18 Å². The molecule has 4 aromatic rings. The van der Waals surface area contributed by atoms with Crippen molar-refractivity contribution in [2.45, 2.75) is 11.1 Å².